The van der Waals surface area contributed by atoms with Crippen LogP contribution in [0.3, 0.4) is 0 Å². The second kappa shape index (κ2) is 21.0. The Kier molecular flexibility index (Phi) is 21.3. The molecule has 0 aliphatic heterocycles. The van der Waals surface area contributed by atoms with Crippen molar-refractivity contribution in [1.82, 2.24) is 0 Å². The maximum atomic E-state index is 2.43. The zero-order chi connectivity index (χ0) is 20.1. The molecule has 0 fully saturated rings. The lowest BCUT2D eigenvalue weighted by atomic mass is 10.1. The van der Waals surface area contributed by atoms with Crippen molar-refractivity contribution >= 4 is 11.8 Å². The maximum Gasteiger partial charge on any atom is 0.125 e. The SMILES string of the molecule is CCCCCCCCCCCC[N+](C)(C)CSCCCCCCCCCC. The maximum absolute atomic E-state index is 2.43. The molecule has 0 atom stereocenters. The third-order valence-electron chi connectivity index (χ3n) is 5.70. The second-order valence-corrected chi connectivity index (χ2v) is 10.4. The zero-order valence-electron chi connectivity index (χ0n) is 19.7. The standard InChI is InChI=1S/C25H54NS/c1-5-7-9-11-13-15-16-17-19-21-23-26(3,4)25-27-24-22-20-18-14-12-10-8-6-2/h5-25H2,1-4H3/q+1. The van der Waals surface area contributed by atoms with Crippen LogP contribution in [0.5, 0.6) is 0 Å². The van der Waals surface area contributed by atoms with Crippen molar-refractivity contribution in [1.29, 1.82) is 0 Å². The summed E-state index contributed by atoms with van der Waals surface area (Å²) in [5, 5.41) is 0. The van der Waals surface area contributed by atoms with Gasteiger partial charge in [0.1, 0.15) is 5.88 Å². The molecule has 0 N–H and O–H groups in total. The molecule has 0 rings (SSSR count). The summed E-state index contributed by atoms with van der Waals surface area (Å²) >= 11 is 2.19. The van der Waals surface area contributed by atoms with E-state index in [1.165, 1.54) is 138 Å². The predicted molar refractivity (Wildman–Crippen MR) is 129 cm³/mol. The molecule has 0 heterocycles. The molecule has 164 valence electrons. The van der Waals surface area contributed by atoms with Crippen molar-refractivity contribution < 1.29 is 4.48 Å². The molecule has 0 spiro atoms. The van der Waals surface area contributed by atoms with Crippen molar-refractivity contribution in [2.24, 2.45) is 0 Å². The average molecular weight is 401 g/mol. The van der Waals surface area contributed by atoms with Crippen molar-refractivity contribution in [3.05, 3.63) is 0 Å². The second-order valence-electron chi connectivity index (χ2n) is 9.35. The molecule has 0 saturated heterocycles. The number of unbranched alkanes of at least 4 members (excludes halogenated alkanes) is 16. The van der Waals surface area contributed by atoms with E-state index in [2.05, 4.69) is 39.7 Å². The van der Waals surface area contributed by atoms with Gasteiger partial charge in [-0.05, 0) is 25.0 Å². The highest BCUT2D eigenvalue weighted by Crippen LogP contribution is 2.16. The number of hydrogen-bond acceptors (Lipinski definition) is 1. The fraction of sp³-hybridized carbons (Fsp3) is 1.00. The summed E-state index contributed by atoms with van der Waals surface area (Å²) in [5.74, 6) is 2.67. The molecular weight excluding hydrogens is 346 g/mol. The molecule has 1 nitrogen and oxygen atoms in total. The molecule has 0 aromatic carbocycles. The minimum Gasteiger partial charge on any atom is -0.320 e. The zero-order valence-corrected chi connectivity index (χ0v) is 20.5. The molecule has 0 aromatic heterocycles. The number of quaternary nitrogens is 1. The van der Waals surface area contributed by atoms with Crippen LogP contribution in [0.15, 0.2) is 0 Å². The smallest absolute Gasteiger partial charge is 0.125 e. The fourth-order valence-electron chi connectivity index (χ4n) is 3.74. The van der Waals surface area contributed by atoms with E-state index in [0.29, 0.717) is 0 Å². The largest absolute Gasteiger partial charge is 0.320 e. The molecular formula is C25H54NS+. The first-order chi connectivity index (χ1) is 13.1. The molecule has 0 bridgehead atoms. The van der Waals surface area contributed by atoms with Crippen LogP contribution in [0.2, 0.25) is 0 Å². The van der Waals surface area contributed by atoms with E-state index in [0.717, 1.165) is 0 Å². The monoisotopic (exact) mass is 400 g/mol. The molecule has 0 saturated carbocycles. The first-order valence-corrected chi connectivity index (χ1v) is 13.7. The summed E-state index contributed by atoms with van der Waals surface area (Å²) in [7, 11) is 4.85. The van der Waals surface area contributed by atoms with Crippen LogP contribution in [0.4, 0.5) is 0 Å². The minimum absolute atomic E-state index is 1.21. The van der Waals surface area contributed by atoms with Crippen LogP contribution >= 0.6 is 11.8 Å². The van der Waals surface area contributed by atoms with Gasteiger partial charge >= 0.3 is 0 Å². The van der Waals surface area contributed by atoms with Gasteiger partial charge in [0.05, 0.1) is 20.6 Å². The summed E-state index contributed by atoms with van der Waals surface area (Å²) in [6.07, 6.45) is 26.0. The molecule has 0 aliphatic carbocycles. The highest BCUT2D eigenvalue weighted by Gasteiger charge is 2.13. The molecule has 0 aliphatic rings. The van der Waals surface area contributed by atoms with E-state index in [9.17, 15) is 0 Å². The summed E-state index contributed by atoms with van der Waals surface area (Å²) in [5.41, 5.74) is 0. The van der Waals surface area contributed by atoms with E-state index in [-0.39, 0.29) is 0 Å². The molecule has 0 radical (unpaired) electrons. The van der Waals surface area contributed by atoms with E-state index in [1.54, 1.807) is 0 Å². The predicted octanol–water partition coefficient (Wildman–Crippen LogP) is 8.82. The highest BCUT2D eigenvalue weighted by molar-refractivity contribution is 7.99. The molecule has 0 amide bonds. The van der Waals surface area contributed by atoms with E-state index in [1.807, 2.05) is 0 Å². The Morgan fingerprint density at radius 2 is 0.852 bits per heavy atom. The Hall–Kier alpha value is 0.310. The summed E-state index contributed by atoms with van der Waals surface area (Å²) in [6, 6.07) is 0. The van der Waals surface area contributed by atoms with Gasteiger partial charge in [-0.2, -0.15) is 0 Å². The number of rotatable bonds is 22. The van der Waals surface area contributed by atoms with Crippen LogP contribution < -0.4 is 0 Å². The highest BCUT2D eigenvalue weighted by atomic mass is 32.2. The Labute approximate surface area is 178 Å². The van der Waals surface area contributed by atoms with Crippen LogP contribution in [0.1, 0.15) is 129 Å². The Morgan fingerprint density at radius 3 is 1.30 bits per heavy atom. The van der Waals surface area contributed by atoms with Gasteiger partial charge in [0.2, 0.25) is 0 Å². The Balaban J connectivity index is 3.31. The Bertz CT molecular complexity index is 251. The average Bonchev–Trinajstić information content (AvgIpc) is 2.64. The summed E-state index contributed by atoms with van der Waals surface area (Å²) in [6.45, 7) is 5.96. The van der Waals surface area contributed by atoms with Crippen LogP contribution in [-0.4, -0.2) is 36.8 Å². The molecule has 0 aromatic rings. The Morgan fingerprint density at radius 1 is 0.481 bits per heavy atom. The van der Waals surface area contributed by atoms with E-state index in [4.69, 9.17) is 0 Å². The third-order valence-corrected chi connectivity index (χ3v) is 7.16. The lowest BCUT2D eigenvalue weighted by Crippen LogP contribution is -2.40. The fourth-order valence-corrected chi connectivity index (χ4v) is 4.90. The summed E-state index contributed by atoms with van der Waals surface area (Å²) in [4.78, 5) is 0. The lowest BCUT2D eigenvalue weighted by Gasteiger charge is -2.29. The van der Waals surface area contributed by atoms with Crippen LogP contribution in [-0.2, 0) is 0 Å². The van der Waals surface area contributed by atoms with Gasteiger partial charge < -0.3 is 4.48 Å². The van der Waals surface area contributed by atoms with Gasteiger partial charge in [-0.25, -0.2) is 0 Å². The minimum atomic E-state index is 1.21. The third kappa shape index (κ3) is 22.5. The van der Waals surface area contributed by atoms with Gasteiger partial charge in [-0.15, -0.1) is 11.8 Å². The quantitative estimate of drug-likeness (QED) is 0.0993. The lowest BCUT2D eigenvalue weighted by molar-refractivity contribution is -0.877. The van der Waals surface area contributed by atoms with E-state index < -0.39 is 0 Å². The molecule has 2 heteroatoms. The van der Waals surface area contributed by atoms with Crippen molar-refractivity contribution in [2.45, 2.75) is 129 Å². The first kappa shape index (κ1) is 27.3. The topological polar surface area (TPSA) is 0 Å². The number of thioether (sulfide) groups is 1. The molecule has 0 unspecified atom stereocenters. The van der Waals surface area contributed by atoms with Gasteiger partial charge in [0.15, 0.2) is 0 Å². The number of hydrogen-bond donors (Lipinski definition) is 0. The van der Waals surface area contributed by atoms with Crippen molar-refractivity contribution in [2.75, 3.05) is 32.3 Å². The van der Waals surface area contributed by atoms with E-state index >= 15 is 0 Å². The van der Waals surface area contributed by atoms with Crippen molar-refractivity contribution in [3.8, 4) is 0 Å². The van der Waals surface area contributed by atoms with Crippen LogP contribution in [0, 0.1) is 0 Å². The van der Waals surface area contributed by atoms with Gasteiger partial charge in [-0.1, -0.05) is 110 Å². The van der Waals surface area contributed by atoms with Crippen molar-refractivity contribution in [3.63, 3.8) is 0 Å². The van der Waals surface area contributed by atoms with Gasteiger partial charge in [-0.3, -0.25) is 0 Å². The summed E-state index contributed by atoms with van der Waals surface area (Å²) < 4.78 is 1.21. The number of nitrogens with zero attached hydrogens (tertiary/aromatic N) is 1. The van der Waals surface area contributed by atoms with Crippen LogP contribution in [0.25, 0.3) is 0 Å². The first-order valence-electron chi connectivity index (χ1n) is 12.5. The molecule has 27 heavy (non-hydrogen) atoms. The van der Waals surface area contributed by atoms with Gasteiger partial charge in [0, 0.05) is 0 Å². The van der Waals surface area contributed by atoms with Gasteiger partial charge in [0.25, 0.3) is 0 Å². The normalized spacial score (nSPS) is 12.0.